The van der Waals surface area contributed by atoms with Crippen LogP contribution < -0.4 is 19.3 Å². The van der Waals surface area contributed by atoms with Gasteiger partial charge in [0, 0.05) is 75.2 Å². The lowest BCUT2D eigenvalue weighted by Crippen LogP contribution is -2.47. The number of ether oxygens (including phenoxy) is 2. The van der Waals surface area contributed by atoms with E-state index in [-0.39, 0.29) is 5.82 Å². The normalized spacial score (nSPS) is 16.3. The first-order valence-electron chi connectivity index (χ1n) is 11.7. The smallest absolute Gasteiger partial charge is 0.225 e. The third-order valence-electron chi connectivity index (χ3n) is 6.64. The Morgan fingerprint density at radius 2 is 1.68 bits per heavy atom. The average Bonchev–Trinajstić information content (AvgIpc) is 2.89. The van der Waals surface area contributed by atoms with E-state index in [2.05, 4.69) is 14.7 Å². The van der Waals surface area contributed by atoms with Crippen molar-refractivity contribution in [2.45, 2.75) is 19.5 Å². The van der Waals surface area contributed by atoms with E-state index in [1.54, 1.807) is 14.2 Å². The Labute approximate surface area is 199 Å². The summed E-state index contributed by atoms with van der Waals surface area (Å²) in [7, 11) is 3.38. The van der Waals surface area contributed by atoms with Gasteiger partial charge in [-0.1, -0.05) is 0 Å². The zero-order chi connectivity index (χ0) is 23.5. The van der Waals surface area contributed by atoms with Crippen LogP contribution in [0, 0.1) is 5.82 Å². The Morgan fingerprint density at radius 1 is 0.912 bits per heavy atom. The second-order valence-electron chi connectivity index (χ2n) is 8.73. The minimum atomic E-state index is -0.203. The molecule has 0 spiro atoms. The molecule has 3 aromatic rings. The van der Waals surface area contributed by atoms with Crippen LogP contribution in [0.5, 0.6) is 11.5 Å². The number of anilines is 2. The Kier molecular flexibility index (Phi) is 6.49. The van der Waals surface area contributed by atoms with Gasteiger partial charge in [-0.15, -0.1) is 0 Å². The second-order valence-corrected chi connectivity index (χ2v) is 8.73. The first kappa shape index (κ1) is 22.4. The number of hydrogen-bond acceptors (Lipinski definition) is 7. The topological polar surface area (TPSA) is 54.0 Å². The summed E-state index contributed by atoms with van der Waals surface area (Å²) >= 11 is 0. The van der Waals surface area contributed by atoms with Crippen molar-refractivity contribution < 1.29 is 13.9 Å². The van der Waals surface area contributed by atoms with Crippen molar-refractivity contribution in [1.29, 1.82) is 0 Å². The summed E-state index contributed by atoms with van der Waals surface area (Å²) in [5.74, 6) is 2.31. The molecule has 1 fully saturated rings. The summed E-state index contributed by atoms with van der Waals surface area (Å²) in [6.45, 7) is 5.95. The molecule has 8 heteroatoms. The van der Waals surface area contributed by atoms with Crippen molar-refractivity contribution in [3.8, 4) is 11.5 Å². The predicted molar refractivity (Wildman–Crippen MR) is 130 cm³/mol. The molecular weight excluding hydrogens is 433 g/mol. The number of benzene rings is 2. The SMILES string of the molecule is COc1ccc(OC)c(CN2CCc3nc(N4CCN(c5ccc(F)cc5)CC4)ncc3C2)c1. The van der Waals surface area contributed by atoms with Gasteiger partial charge in [-0.3, -0.25) is 4.90 Å². The lowest BCUT2D eigenvalue weighted by Gasteiger charge is -2.36. The van der Waals surface area contributed by atoms with Gasteiger partial charge >= 0.3 is 0 Å². The zero-order valence-electron chi connectivity index (χ0n) is 19.7. The first-order valence-corrected chi connectivity index (χ1v) is 11.7. The molecule has 5 rings (SSSR count). The summed E-state index contributed by atoms with van der Waals surface area (Å²) in [6.07, 6.45) is 2.88. The summed E-state index contributed by atoms with van der Waals surface area (Å²) in [5.41, 5.74) is 4.49. The summed E-state index contributed by atoms with van der Waals surface area (Å²) in [5, 5.41) is 0. The summed E-state index contributed by atoms with van der Waals surface area (Å²) < 4.78 is 24.2. The van der Waals surface area contributed by atoms with E-state index < -0.39 is 0 Å². The number of hydrogen-bond donors (Lipinski definition) is 0. The monoisotopic (exact) mass is 463 g/mol. The van der Waals surface area contributed by atoms with Gasteiger partial charge < -0.3 is 19.3 Å². The van der Waals surface area contributed by atoms with E-state index in [1.165, 1.54) is 17.7 Å². The number of rotatable bonds is 6. The van der Waals surface area contributed by atoms with Crippen LogP contribution in [-0.4, -0.2) is 61.8 Å². The molecule has 1 saturated heterocycles. The van der Waals surface area contributed by atoms with Crippen molar-refractivity contribution in [3.63, 3.8) is 0 Å². The number of methoxy groups -OCH3 is 2. The molecule has 2 aliphatic rings. The molecule has 0 saturated carbocycles. The highest BCUT2D eigenvalue weighted by Gasteiger charge is 2.23. The van der Waals surface area contributed by atoms with E-state index in [9.17, 15) is 4.39 Å². The molecule has 2 aromatic carbocycles. The number of aromatic nitrogens is 2. The minimum absolute atomic E-state index is 0.203. The molecule has 1 aromatic heterocycles. The van der Waals surface area contributed by atoms with Crippen LogP contribution in [0.1, 0.15) is 16.8 Å². The molecule has 0 atom stereocenters. The molecule has 0 aliphatic carbocycles. The maximum Gasteiger partial charge on any atom is 0.225 e. The fourth-order valence-corrected chi connectivity index (χ4v) is 4.71. The lowest BCUT2D eigenvalue weighted by molar-refractivity contribution is 0.238. The van der Waals surface area contributed by atoms with Gasteiger partial charge in [0.15, 0.2) is 0 Å². The fourth-order valence-electron chi connectivity index (χ4n) is 4.71. The van der Waals surface area contributed by atoms with Crippen LogP contribution in [0.2, 0.25) is 0 Å². The van der Waals surface area contributed by atoms with Gasteiger partial charge in [0.05, 0.1) is 19.9 Å². The van der Waals surface area contributed by atoms with Crippen LogP contribution in [-0.2, 0) is 19.5 Å². The third-order valence-corrected chi connectivity index (χ3v) is 6.64. The van der Waals surface area contributed by atoms with Gasteiger partial charge in [0.1, 0.15) is 17.3 Å². The highest BCUT2D eigenvalue weighted by molar-refractivity contribution is 5.48. The predicted octanol–water partition coefficient (Wildman–Crippen LogP) is 3.52. The highest BCUT2D eigenvalue weighted by Crippen LogP contribution is 2.28. The Hall–Kier alpha value is -3.39. The standard InChI is InChI=1S/C26H30FN5O2/c1-33-23-7-8-25(34-2)19(15-23)17-30-10-9-24-20(18-30)16-28-26(29-24)32-13-11-31(12-14-32)22-5-3-21(27)4-6-22/h3-8,15-16H,9-14,17-18H2,1-2H3. The maximum atomic E-state index is 13.2. The van der Waals surface area contributed by atoms with E-state index >= 15 is 0 Å². The van der Waals surface area contributed by atoms with Gasteiger partial charge in [-0.05, 0) is 42.5 Å². The van der Waals surface area contributed by atoms with Crippen LogP contribution >= 0.6 is 0 Å². The maximum absolute atomic E-state index is 13.2. The molecule has 0 amide bonds. The average molecular weight is 464 g/mol. The number of nitrogens with zero attached hydrogens (tertiary/aromatic N) is 5. The lowest BCUT2D eigenvalue weighted by atomic mass is 10.1. The van der Waals surface area contributed by atoms with Crippen LogP contribution in [0.15, 0.2) is 48.7 Å². The molecule has 0 N–H and O–H groups in total. The van der Waals surface area contributed by atoms with E-state index in [1.807, 2.05) is 36.5 Å². The Bertz CT molecular complexity index is 1130. The minimum Gasteiger partial charge on any atom is -0.497 e. The van der Waals surface area contributed by atoms with Crippen molar-refractivity contribution in [3.05, 3.63) is 71.3 Å². The molecule has 3 heterocycles. The van der Waals surface area contributed by atoms with Crippen molar-refractivity contribution in [2.24, 2.45) is 0 Å². The molecule has 0 bridgehead atoms. The highest BCUT2D eigenvalue weighted by atomic mass is 19.1. The molecule has 7 nitrogen and oxygen atoms in total. The molecule has 34 heavy (non-hydrogen) atoms. The van der Waals surface area contributed by atoms with E-state index in [0.29, 0.717) is 0 Å². The molecular formula is C26H30FN5O2. The van der Waals surface area contributed by atoms with Crippen LogP contribution in [0.3, 0.4) is 0 Å². The van der Waals surface area contributed by atoms with Gasteiger partial charge in [0.2, 0.25) is 5.95 Å². The van der Waals surface area contributed by atoms with Gasteiger partial charge in [0.25, 0.3) is 0 Å². The van der Waals surface area contributed by atoms with Crippen molar-refractivity contribution in [1.82, 2.24) is 14.9 Å². The van der Waals surface area contributed by atoms with E-state index in [0.717, 1.165) is 86.6 Å². The molecule has 2 aliphatic heterocycles. The molecule has 0 radical (unpaired) electrons. The summed E-state index contributed by atoms with van der Waals surface area (Å²) in [6, 6.07) is 12.6. The van der Waals surface area contributed by atoms with Crippen LogP contribution in [0.4, 0.5) is 16.0 Å². The second kappa shape index (κ2) is 9.85. The van der Waals surface area contributed by atoms with Crippen molar-refractivity contribution in [2.75, 3.05) is 56.7 Å². The first-order chi connectivity index (χ1) is 16.6. The van der Waals surface area contributed by atoms with Gasteiger partial charge in [-0.2, -0.15) is 0 Å². The molecule has 0 unspecified atom stereocenters. The van der Waals surface area contributed by atoms with E-state index in [4.69, 9.17) is 19.4 Å². The van der Waals surface area contributed by atoms with Crippen LogP contribution in [0.25, 0.3) is 0 Å². The number of fused-ring (bicyclic) bond motifs is 1. The molecule has 178 valence electrons. The summed E-state index contributed by atoms with van der Waals surface area (Å²) in [4.78, 5) is 16.5. The van der Waals surface area contributed by atoms with Crippen molar-refractivity contribution >= 4 is 11.6 Å². The fraction of sp³-hybridized carbons (Fsp3) is 0.385. The number of piperazine rings is 1. The van der Waals surface area contributed by atoms with Gasteiger partial charge in [-0.25, -0.2) is 14.4 Å². The quantitative estimate of drug-likeness (QED) is 0.555. The number of halogens is 1. The Morgan fingerprint density at radius 3 is 2.41 bits per heavy atom. The Balaban J connectivity index is 1.22. The zero-order valence-corrected chi connectivity index (χ0v) is 19.7. The largest absolute Gasteiger partial charge is 0.497 e. The third kappa shape index (κ3) is 4.77.